The van der Waals surface area contributed by atoms with Gasteiger partial charge < -0.3 is 5.11 Å². The van der Waals surface area contributed by atoms with E-state index in [0.29, 0.717) is 11.3 Å². The molecule has 1 unspecified atom stereocenters. The lowest BCUT2D eigenvalue weighted by Crippen LogP contribution is -2.55. The van der Waals surface area contributed by atoms with E-state index in [1.54, 1.807) is 0 Å². The summed E-state index contributed by atoms with van der Waals surface area (Å²) in [6, 6.07) is 0. The summed E-state index contributed by atoms with van der Waals surface area (Å²) in [7, 11) is 0. The van der Waals surface area contributed by atoms with Crippen LogP contribution in [-0.2, 0) is 0 Å². The van der Waals surface area contributed by atoms with E-state index in [1.807, 2.05) is 0 Å². The van der Waals surface area contributed by atoms with Gasteiger partial charge in [-0.15, -0.1) is 0 Å². The van der Waals surface area contributed by atoms with Crippen LogP contribution in [0.2, 0.25) is 0 Å². The fraction of sp³-hybridized carbons (Fsp3) is 0.905. The summed E-state index contributed by atoms with van der Waals surface area (Å²) in [5, 5.41) is 11.3. The first-order valence-electron chi connectivity index (χ1n) is 9.80. The summed E-state index contributed by atoms with van der Waals surface area (Å²) in [4.78, 5) is 0. The van der Waals surface area contributed by atoms with E-state index in [2.05, 4.69) is 46.3 Å². The van der Waals surface area contributed by atoms with Gasteiger partial charge in [-0.25, -0.2) is 0 Å². The van der Waals surface area contributed by atoms with Gasteiger partial charge in [0.05, 0.1) is 0 Å². The minimum absolute atomic E-state index is 0.0319. The van der Waals surface area contributed by atoms with Gasteiger partial charge in [-0.2, -0.15) is 0 Å². The van der Waals surface area contributed by atoms with E-state index in [-0.39, 0.29) is 5.41 Å². The molecule has 0 bridgehead atoms. The standard InChI is InChI=1S/C21H31IO/c1-19-10-4-3-5-15(19)6-7-16-17(19)8-11-20(2)18(16)9-12-21(20,23)13-14-22/h15-18,23H,3-12H2,1-2H3/t15?,16-,17+,18+,19+,20+,21-/m1/s1. The third kappa shape index (κ3) is 2.21. The van der Waals surface area contributed by atoms with E-state index < -0.39 is 5.60 Å². The first-order chi connectivity index (χ1) is 10.9. The Kier molecular flexibility index (Phi) is 4.09. The number of rotatable bonds is 0. The van der Waals surface area contributed by atoms with Crippen LogP contribution in [-0.4, -0.2) is 10.7 Å². The zero-order chi connectivity index (χ0) is 16.3. The van der Waals surface area contributed by atoms with Crippen LogP contribution in [0.3, 0.4) is 0 Å². The molecule has 0 amide bonds. The quantitative estimate of drug-likeness (QED) is 0.398. The summed E-state index contributed by atoms with van der Waals surface area (Å²) in [6.45, 7) is 4.99. The molecule has 0 aromatic carbocycles. The molecule has 0 heterocycles. The molecular weight excluding hydrogens is 395 g/mol. The number of hydrogen-bond acceptors (Lipinski definition) is 1. The normalized spacial score (nSPS) is 55.1. The van der Waals surface area contributed by atoms with E-state index in [0.717, 1.165) is 24.2 Å². The molecule has 0 aliphatic heterocycles. The molecular formula is C21H31IO. The van der Waals surface area contributed by atoms with Gasteiger partial charge in [0, 0.05) is 28.0 Å². The molecule has 4 rings (SSSR count). The molecule has 4 fully saturated rings. The van der Waals surface area contributed by atoms with Gasteiger partial charge in [0.1, 0.15) is 5.60 Å². The van der Waals surface area contributed by atoms with Crippen LogP contribution in [0.4, 0.5) is 0 Å². The van der Waals surface area contributed by atoms with Crippen molar-refractivity contribution in [2.24, 2.45) is 34.5 Å². The lowest BCUT2D eigenvalue weighted by molar-refractivity contribution is -0.134. The van der Waals surface area contributed by atoms with Crippen LogP contribution in [0.5, 0.6) is 0 Å². The minimum atomic E-state index is -0.728. The average Bonchev–Trinajstić information content (AvgIpc) is 2.79. The second-order valence-corrected chi connectivity index (χ2v) is 10.0. The zero-order valence-corrected chi connectivity index (χ0v) is 16.9. The Balaban J connectivity index is 1.66. The molecule has 4 aliphatic rings. The first-order valence-corrected chi connectivity index (χ1v) is 10.9. The Hall–Kier alpha value is 0.250. The van der Waals surface area contributed by atoms with Crippen LogP contribution < -0.4 is 0 Å². The van der Waals surface area contributed by atoms with Crippen LogP contribution in [0.15, 0.2) is 0 Å². The molecule has 23 heavy (non-hydrogen) atoms. The maximum Gasteiger partial charge on any atom is 0.131 e. The van der Waals surface area contributed by atoms with Gasteiger partial charge >= 0.3 is 0 Å². The van der Waals surface area contributed by atoms with Gasteiger partial charge in [-0.05, 0) is 84.4 Å². The topological polar surface area (TPSA) is 20.2 Å². The molecule has 0 saturated heterocycles. The van der Waals surface area contributed by atoms with E-state index >= 15 is 0 Å². The maximum atomic E-state index is 11.3. The van der Waals surface area contributed by atoms with Crippen molar-refractivity contribution >= 4 is 22.6 Å². The number of fused-ring (bicyclic) bond motifs is 5. The zero-order valence-electron chi connectivity index (χ0n) is 14.7. The minimum Gasteiger partial charge on any atom is -0.377 e. The second kappa shape index (κ2) is 5.63. The lowest BCUT2D eigenvalue weighted by Gasteiger charge is -2.60. The number of aliphatic hydroxyl groups is 1. The van der Waals surface area contributed by atoms with Crippen molar-refractivity contribution in [1.82, 2.24) is 0 Å². The molecule has 4 aliphatic carbocycles. The summed E-state index contributed by atoms with van der Waals surface area (Å²) in [6.07, 6.45) is 13.3. The Morgan fingerprint density at radius 3 is 2.48 bits per heavy atom. The molecule has 0 spiro atoms. The Labute approximate surface area is 155 Å². The molecule has 0 radical (unpaired) electrons. The van der Waals surface area contributed by atoms with Crippen LogP contribution in [0.25, 0.3) is 0 Å². The fourth-order valence-corrected chi connectivity index (χ4v) is 8.04. The molecule has 1 N–H and O–H groups in total. The van der Waals surface area contributed by atoms with Gasteiger partial charge in [-0.3, -0.25) is 0 Å². The van der Waals surface area contributed by atoms with E-state index in [9.17, 15) is 5.11 Å². The highest BCUT2D eigenvalue weighted by molar-refractivity contribution is 14.1. The van der Waals surface area contributed by atoms with Gasteiger partial charge in [0.15, 0.2) is 0 Å². The van der Waals surface area contributed by atoms with Gasteiger partial charge in [0.2, 0.25) is 0 Å². The third-order valence-corrected chi connectivity index (χ3v) is 9.26. The molecule has 0 aromatic rings. The summed E-state index contributed by atoms with van der Waals surface area (Å²) in [5.41, 5.74) is -0.101. The first kappa shape index (κ1) is 16.7. The lowest BCUT2D eigenvalue weighted by atomic mass is 9.44. The van der Waals surface area contributed by atoms with E-state index in [4.69, 9.17) is 0 Å². The highest BCUT2D eigenvalue weighted by Gasteiger charge is 2.64. The van der Waals surface area contributed by atoms with Gasteiger partial charge in [-0.1, -0.05) is 32.6 Å². The van der Waals surface area contributed by atoms with Crippen molar-refractivity contribution in [3.8, 4) is 9.85 Å². The molecule has 128 valence electrons. The van der Waals surface area contributed by atoms with Crippen LogP contribution in [0, 0.1) is 44.3 Å². The summed E-state index contributed by atoms with van der Waals surface area (Å²) >= 11 is 2.10. The highest BCUT2D eigenvalue weighted by Crippen LogP contribution is 2.68. The Bertz CT molecular complexity index is 548. The average molecular weight is 426 g/mol. The van der Waals surface area contributed by atoms with Crippen LogP contribution in [0.1, 0.15) is 78.1 Å². The summed E-state index contributed by atoms with van der Waals surface area (Å²) < 4.78 is 3.00. The van der Waals surface area contributed by atoms with Crippen molar-refractivity contribution in [1.29, 1.82) is 0 Å². The predicted octanol–water partition coefficient (Wildman–Crippen LogP) is 5.55. The third-order valence-electron chi connectivity index (χ3n) is 8.99. The van der Waals surface area contributed by atoms with E-state index in [1.165, 1.54) is 57.8 Å². The van der Waals surface area contributed by atoms with Crippen molar-refractivity contribution < 1.29 is 5.11 Å². The second-order valence-electron chi connectivity index (χ2n) is 9.48. The van der Waals surface area contributed by atoms with Crippen LogP contribution >= 0.6 is 22.6 Å². The number of hydrogen-bond donors (Lipinski definition) is 1. The van der Waals surface area contributed by atoms with Crippen molar-refractivity contribution in [3.63, 3.8) is 0 Å². The largest absolute Gasteiger partial charge is 0.377 e. The molecule has 7 atom stereocenters. The van der Waals surface area contributed by atoms with Gasteiger partial charge in [0.25, 0.3) is 0 Å². The van der Waals surface area contributed by atoms with Crippen molar-refractivity contribution in [3.05, 3.63) is 0 Å². The van der Waals surface area contributed by atoms with Crippen molar-refractivity contribution in [2.75, 3.05) is 0 Å². The number of halogens is 1. The molecule has 2 heteroatoms. The molecule has 0 aromatic heterocycles. The van der Waals surface area contributed by atoms with Crippen molar-refractivity contribution in [2.45, 2.75) is 83.7 Å². The Morgan fingerprint density at radius 2 is 1.70 bits per heavy atom. The monoisotopic (exact) mass is 426 g/mol. The SMILES string of the molecule is C[C@]12CCCCC1CC[C@@H]1[C@@H]2CC[C@@]2(C)[C@H]1CC[C@@]2(O)C#CI. The predicted molar refractivity (Wildman–Crippen MR) is 103 cm³/mol. The smallest absolute Gasteiger partial charge is 0.131 e. The molecule has 4 saturated carbocycles. The maximum absolute atomic E-state index is 11.3. The molecule has 1 nitrogen and oxygen atoms in total. The fourth-order valence-electron chi connectivity index (χ4n) is 7.59. The highest BCUT2D eigenvalue weighted by atomic mass is 127. The Morgan fingerprint density at radius 1 is 0.913 bits per heavy atom. The summed E-state index contributed by atoms with van der Waals surface area (Å²) in [5.74, 6) is 6.65.